The summed E-state index contributed by atoms with van der Waals surface area (Å²) in [7, 11) is 0. The lowest BCUT2D eigenvalue weighted by molar-refractivity contribution is -0.314. The molecule has 1 aliphatic carbocycles. The van der Waals surface area contributed by atoms with Crippen molar-refractivity contribution in [2.45, 2.75) is 32.4 Å². The van der Waals surface area contributed by atoms with Crippen LogP contribution in [0.25, 0.3) is 0 Å². The van der Waals surface area contributed by atoms with E-state index in [1.165, 1.54) is 0 Å². The Morgan fingerprint density at radius 3 is 2.64 bits per heavy atom. The quantitative estimate of drug-likeness (QED) is 0.559. The van der Waals surface area contributed by atoms with Gasteiger partial charge >= 0.3 is 0 Å². The van der Waals surface area contributed by atoms with Gasteiger partial charge in [-0.1, -0.05) is 6.92 Å². The number of carboxylic acids is 1. The molecule has 3 atom stereocenters. The van der Waals surface area contributed by atoms with Gasteiger partial charge in [0.25, 0.3) is 0 Å². The Morgan fingerprint density at radius 1 is 1.55 bits per heavy atom. The van der Waals surface area contributed by atoms with Crippen LogP contribution in [0.3, 0.4) is 0 Å². The zero-order valence-electron chi connectivity index (χ0n) is 6.55. The standard InChI is InChI=1S/C8H13FO2/c1-5-2-3-6(9)4-7(5)8(10)11/h5-7H,2-4H2,1H3,(H,10,11)/p-1. The number of aliphatic carboxylic acids is 1. The highest BCUT2D eigenvalue weighted by atomic mass is 19.1. The van der Waals surface area contributed by atoms with Crippen molar-refractivity contribution in [1.29, 1.82) is 0 Å². The zero-order chi connectivity index (χ0) is 8.43. The summed E-state index contributed by atoms with van der Waals surface area (Å²) in [4.78, 5) is 10.4. The molecular weight excluding hydrogens is 147 g/mol. The summed E-state index contributed by atoms with van der Waals surface area (Å²) in [6, 6.07) is 0. The Morgan fingerprint density at radius 2 is 2.18 bits per heavy atom. The van der Waals surface area contributed by atoms with Crippen LogP contribution in [0, 0.1) is 11.8 Å². The first kappa shape index (κ1) is 8.50. The fraction of sp³-hybridized carbons (Fsp3) is 0.875. The van der Waals surface area contributed by atoms with E-state index in [0.717, 1.165) is 0 Å². The molecule has 2 nitrogen and oxygen atoms in total. The molecule has 0 amide bonds. The topological polar surface area (TPSA) is 40.1 Å². The average Bonchev–Trinajstić information content (AvgIpc) is 1.94. The molecule has 0 aliphatic heterocycles. The van der Waals surface area contributed by atoms with Crippen LogP contribution in [0.2, 0.25) is 0 Å². The van der Waals surface area contributed by atoms with E-state index in [9.17, 15) is 14.3 Å². The second-order valence-corrected chi connectivity index (χ2v) is 3.31. The second kappa shape index (κ2) is 3.20. The fourth-order valence-corrected chi connectivity index (χ4v) is 1.60. The minimum Gasteiger partial charge on any atom is -0.550 e. The molecule has 11 heavy (non-hydrogen) atoms. The SMILES string of the molecule is CC1CCC(F)CC1C(=O)[O-]. The molecule has 0 bridgehead atoms. The molecule has 3 heteroatoms. The molecule has 0 N–H and O–H groups in total. The first-order chi connectivity index (χ1) is 5.11. The largest absolute Gasteiger partial charge is 0.550 e. The lowest BCUT2D eigenvalue weighted by Crippen LogP contribution is -2.39. The molecule has 0 saturated heterocycles. The fourth-order valence-electron chi connectivity index (χ4n) is 1.60. The summed E-state index contributed by atoms with van der Waals surface area (Å²) in [6.45, 7) is 1.84. The van der Waals surface area contributed by atoms with Crippen LogP contribution in [0.15, 0.2) is 0 Å². The van der Waals surface area contributed by atoms with Crippen molar-refractivity contribution in [3.05, 3.63) is 0 Å². The maximum atomic E-state index is 12.7. The molecule has 0 aromatic carbocycles. The highest BCUT2D eigenvalue weighted by Gasteiger charge is 2.28. The Balaban J connectivity index is 2.54. The van der Waals surface area contributed by atoms with Crippen LogP contribution in [-0.2, 0) is 4.79 Å². The lowest BCUT2D eigenvalue weighted by atomic mass is 9.80. The predicted molar refractivity (Wildman–Crippen MR) is 36.4 cm³/mol. The molecule has 0 aromatic heterocycles. The summed E-state index contributed by atoms with van der Waals surface area (Å²) in [5, 5.41) is 10.4. The number of carboxylic acid groups (broad SMARTS) is 1. The van der Waals surface area contributed by atoms with Gasteiger partial charge in [-0.25, -0.2) is 4.39 Å². The van der Waals surface area contributed by atoms with E-state index in [-0.39, 0.29) is 12.3 Å². The van der Waals surface area contributed by atoms with Crippen molar-refractivity contribution in [2.24, 2.45) is 11.8 Å². The van der Waals surface area contributed by atoms with Crippen molar-refractivity contribution in [3.63, 3.8) is 0 Å². The Labute approximate surface area is 65.4 Å². The van der Waals surface area contributed by atoms with Gasteiger partial charge in [-0.05, 0) is 25.2 Å². The summed E-state index contributed by atoms with van der Waals surface area (Å²) in [5.74, 6) is -1.59. The van der Waals surface area contributed by atoms with Crippen LogP contribution >= 0.6 is 0 Å². The smallest absolute Gasteiger partial charge is 0.101 e. The number of rotatable bonds is 1. The van der Waals surface area contributed by atoms with Gasteiger partial charge in [-0.2, -0.15) is 0 Å². The summed E-state index contributed by atoms with van der Waals surface area (Å²) < 4.78 is 12.7. The van der Waals surface area contributed by atoms with Gasteiger partial charge in [0.1, 0.15) is 6.17 Å². The highest BCUT2D eigenvalue weighted by Crippen LogP contribution is 2.30. The highest BCUT2D eigenvalue weighted by molar-refractivity contribution is 5.68. The number of alkyl halides is 1. The van der Waals surface area contributed by atoms with Gasteiger partial charge in [0.15, 0.2) is 0 Å². The number of halogens is 1. The van der Waals surface area contributed by atoms with E-state index in [0.29, 0.717) is 12.8 Å². The van der Waals surface area contributed by atoms with Crippen LogP contribution < -0.4 is 5.11 Å². The third kappa shape index (κ3) is 1.91. The molecule has 0 radical (unpaired) electrons. The number of carbonyl (C=O) groups excluding carboxylic acids is 1. The minimum atomic E-state index is -1.10. The lowest BCUT2D eigenvalue weighted by Gasteiger charge is -2.31. The van der Waals surface area contributed by atoms with E-state index in [1.807, 2.05) is 6.92 Å². The van der Waals surface area contributed by atoms with E-state index in [1.54, 1.807) is 0 Å². The normalized spacial score (nSPS) is 38.5. The predicted octanol–water partition coefficient (Wildman–Crippen LogP) is 0.511. The van der Waals surface area contributed by atoms with E-state index in [2.05, 4.69) is 0 Å². The van der Waals surface area contributed by atoms with Crippen molar-refractivity contribution in [2.75, 3.05) is 0 Å². The van der Waals surface area contributed by atoms with Crippen molar-refractivity contribution in [3.8, 4) is 0 Å². The average molecular weight is 159 g/mol. The van der Waals surface area contributed by atoms with Crippen LogP contribution in [0.1, 0.15) is 26.2 Å². The molecular formula is C8H12FO2-. The molecule has 1 fully saturated rings. The zero-order valence-corrected chi connectivity index (χ0v) is 6.55. The van der Waals surface area contributed by atoms with Crippen LogP contribution in [0.4, 0.5) is 4.39 Å². The summed E-state index contributed by atoms with van der Waals surface area (Å²) >= 11 is 0. The van der Waals surface area contributed by atoms with Gasteiger partial charge in [0.2, 0.25) is 0 Å². The van der Waals surface area contributed by atoms with E-state index >= 15 is 0 Å². The van der Waals surface area contributed by atoms with Crippen LogP contribution in [-0.4, -0.2) is 12.1 Å². The van der Waals surface area contributed by atoms with Crippen LogP contribution in [0.5, 0.6) is 0 Å². The molecule has 0 heterocycles. The summed E-state index contributed by atoms with van der Waals surface area (Å²) in [6.07, 6.45) is 0.378. The third-order valence-electron chi connectivity index (χ3n) is 2.43. The monoisotopic (exact) mass is 159 g/mol. The molecule has 0 aromatic rings. The third-order valence-corrected chi connectivity index (χ3v) is 2.43. The Bertz CT molecular complexity index is 158. The first-order valence-electron chi connectivity index (χ1n) is 3.96. The number of hydrogen-bond acceptors (Lipinski definition) is 2. The maximum Gasteiger partial charge on any atom is 0.101 e. The van der Waals surface area contributed by atoms with Gasteiger partial charge in [0, 0.05) is 11.9 Å². The molecule has 1 rings (SSSR count). The van der Waals surface area contributed by atoms with Gasteiger partial charge in [0.05, 0.1) is 0 Å². The molecule has 3 unspecified atom stereocenters. The van der Waals surface area contributed by atoms with Crippen molar-refractivity contribution < 1.29 is 14.3 Å². The van der Waals surface area contributed by atoms with E-state index in [4.69, 9.17) is 0 Å². The second-order valence-electron chi connectivity index (χ2n) is 3.31. The van der Waals surface area contributed by atoms with Crippen molar-refractivity contribution >= 4 is 5.97 Å². The summed E-state index contributed by atoms with van der Waals surface area (Å²) in [5.41, 5.74) is 0. The Hall–Kier alpha value is -0.600. The van der Waals surface area contributed by atoms with Gasteiger partial charge in [-0.15, -0.1) is 0 Å². The minimum absolute atomic E-state index is 0.0759. The number of hydrogen-bond donors (Lipinski definition) is 0. The Kier molecular flexibility index (Phi) is 2.47. The first-order valence-corrected chi connectivity index (χ1v) is 3.96. The molecule has 0 spiro atoms. The van der Waals surface area contributed by atoms with Gasteiger partial charge < -0.3 is 9.90 Å². The van der Waals surface area contributed by atoms with E-state index < -0.39 is 18.1 Å². The van der Waals surface area contributed by atoms with Crippen molar-refractivity contribution in [1.82, 2.24) is 0 Å². The molecule has 1 saturated carbocycles. The molecule has 64 valence electrons. The number of carbonyl (C=O) groups is 1. The molecule has 1 aliphatic rings. The maximum absolute atomic E-state index is 12.7. The van der Waals surface area contributed by atoms with Gasteiger partial charge in [-0.3, -0.25) is 0 Å².